The number of carboxylic acids is 1. The van der Waals surface area contributed by atoms with Crippen molar-refractivity contribution >= 4 is 30.0 Å². The molecule has 252 valence electrons. The topological polar surface area (TPSA) is 114 Å². The minimum absolute atomic E-state index is 0.0479. The third-order valence-electron chi connectivity index (χ3n) is 8.62. The number of sulfonamides is 1. The van der Waals surface area contributed by atoms with Crippen LogP contribution in [0.2, 0.25) is 18.1 Å². The van der Waals surface area contributed by atoms with Crippen molar-refractivity contribution in [3.05, 3.63) is 95.1 Å². The van der Waals surface area contributed by atoms with Crippen LogP contribution in [0, 0.1) is 0 Å². The second kappa shape index (κ2) is 15.1. The van der Waals surface area contributed by atoms with Gasteiger partial charge in [-0.05, 0) is 79.2 Å². The Bertz CT molecular complexity index is 1570. The largest absolute Gasteiger partial charge is 0.487 e. The summed E-state index contributed by atoms with van der Waals surface area (Å²) in [6.45, 7) is 17.9. The molecule has 3 aromatic rings. The van der Waals surface area contributed by atoms with Crippen LogP contribution in [0.4, 0.5) is 5.69 Å². The van der Waals surface area contributed by atoms with Crippen molar-refractivity contribution in [2.45, 2.75) is 96.7 Å². The van der Waals surface area contributed by atoms with Gasteiger partial charge in [-0.2, -0.15) is 0 Å². The molecule has 0 heterocycles. The molecule has 0 fully saturated rings. The summed E-state index contributed by atoms with van der Waals surface area (Å²) in [4.78, 5) is 11.8. The van der Waals surface area contributed by atoms with Crippen molar-refractivity contribution < 1.29 is 27.5 Å². The van der Waals surface area contributed by atoms with Crippen molar-refractivity contribution in [1.82, 2.24) is 5.32 Å². The smallest absolute Gasteiger partial charge is 0.310 e. The van der Waals surface area contributed by atoms with Crippen LogP contribution in [0.25, 0.3) is 0 Å². The van der Waals surface area contributed by atoms with Crippen molar-refractivity contribution in [3.63, 3.8) is 0 Å². The van der Waals surface area contributed by atoms with Crippen molar-refractivity contribution in [3.8, 4) is 5.75 Å². The van der Waals surface area contributed by atoms with E-state index in [0.717, 1.165) is 28.5 Å². The lowest BCUT2D eigenvalue weighted by molar-refractivity contribution is -0.138. The molecule has 0 aliphatic carbocycles. The number of carboxylic acid groups (broad SMARTS) is 1. The maximum atomic E-state index is 12.4. The van der Waals surface area contributed by atoms with Gasteiger partial charge in [-0.1, -0.05) is 88.4 Å². The summed E-state index contributed by atoms with van der Waals surface area (Å²) in [6, 6.07) is 23.1. The van der Waals surface area contributed by atoms with Crippen LogP contribution in [0.5, 0.6) is 5.75 Å². The third kappa shape index (κ3) is 11.0. The third-order valence-corrected chi connectivity index (χ3v) is 13.7. The molecule has 0 radical (unpaired) electrons. The molecule has 0 spiro atoms. The standard InChI is InChI=1S/C36H52N2O6SSi/c1-10-30(34(39)40)28-18-14-17-27(21-28)23-36(5,6)37-24-33(44-46(8,9)35(2,3)4)29-19-20-32(31(22-29)38-45(7,41)42)43-25-26-15-12-11-13-16-26/h11-22,30,33,37-38H,10,23-25H2,1-9H3,(H,39,40)/t30?,33-/m1/s1. The van der Waals surface area contributed by atoms with Crippen LogP contribution in [-0.2, 0) is 32.3 Å². The molecule has 2 atom stereocenters. The summed E-state index contributed by atoms with van der Waals surface area (Å²) < 4.78 is 40.5. The average molecular weight is 669 g/mol. The molecule has 0 saturated heterocycles. The summed E-state index contributed by atoms with van der Waals surface area (Å²) in [5.41, 5.74) is 3.67. The lowest BCUT2D eigenvalue weighted by atomic mass is 9.90. The van der Waals surface area contributed by atoms with Gasteiger partial charge in [0.25, 0.3) is 0 Å². The molecule has 0 aliphatic heterocycles. The maximum absolute atomic E-state index is 12.4. The quantitative estimate of drug-likeness (QED) is 0.133. The molecule has 1 unspecified atom stereocenters. The van der Waals surface area contributed by atoms with Crippen LogP contribution in [0.3, 0.4) is 0 Å². The van der Waals surface area contributed by atoms with E-state index in [-0.39, 0.29) is 16.7 Å². The molecule has 3 aromatic carbocycles. The molecule has 3 rings (SSSR count). The first kappa shape index (κ1) is 37.3. The number of nitrogens with one attached hydrogen (secondary N) is 2. The van der Waals surface area contributed by atoms with E-state index in [9.17, 15) is 18.3 Å². The maximum Gasteiger partial charge on any atom is 0.310 e. The highest BCUT2D eigenvalue weighted by Crippen LogP contribution is 2.41. The first-order chi connectivity index (χ1) is 21.3. The Hall–Kier alpha value is -3.18. The van der Waals surface area contributed by atoms with Gasteiger partial charge in [0.15, 0.2) is 8.32 Å². The van der Waals surface area contributed by atoms with Crippen molar-refractivity contribution in [2.75, 3.05) is 17.5 Å². The number of aliphatic carboxylic acids is 1. The molecule has 46 heavy (non-hydrogen) atoms. The van der Waals surface area contributed by atoms with E-state index in [1.807, 2.05) is 73.7 Å². The normalized spacial score (nSPS) is 14.0. The Morgan fingerprint density at radius 1 is 0.913 bits per heavy atom. The van der Waals surface area contributed by atoms with Gasteiger partial charge in [-0.25, -0.2) is 8.42 Å². The molecule has 0 saturated carbocycles. The van der Waals surface area contributed by atoms with Gasteiger partial charge < -0.3 is 19.6 Å². The first-order valence-electron chi connectivity index (χ1n) is 15.8. The second-order valence-electron chi connectivity index (χ2n) is 14.3. The lowest BCUT2D eigenvalue weighted by Gasteiger charge is -2.40. The molecule has 10 heteroatoms. The fraction of sp³-hybridized carbons (Fsp3) is 0.472. The molecule has 3 N–H and O–H groups in total. The van der Waals surface area contributed by atoms with E-state index in [1.165, 1.54) is 0 Å². The molecule has 8 nitrogen and oxygen atoms in total. The second-order valence-corrected chi connectivity index (χ2v) is 20.8. The van der Waals surface area contributed by atoms with Crippen LogP contribution in [0.15, 0.2) is 72.8 Å². The molecule has 0 aliphatic rings. The predicted octanol–water partition coefficient (Wildman–Crippen LogP) is 7.89. The zero-order chi connectivity index (χ0) is 34.3. The van der Waals surface area contributed by atoms with Gasteiger partial charge >= 0.3 is 5.97 Å². The Kier molecular flexibility index (Phi) is 12.3. The highest BCUT2D eigenvalue weighted by molar-refractivity contribution is 7.92. The SMILES string of the molecule is CCC(C(=O)O)c1cccc(CC(C)(C)NC[C@@H](O[Si](C)(C)C(C)(C)C)c2ccc(OCc3ccccc3)c(NS(C)(=O)=O)c2)c1. The number of anilines is 1. The number of ether oxygens (including phenoxy) is 1. The predicted molar refractivity (Wildman–Crippen MR) is 190 cm³/mol. The van der Waals surface area contributed by atoms with E-state index >= 15 is 0 Å². The van der Waals surface area contributed by atoms with Crippen LogP contribution in [0.1, 0.15) is 82.2 Å². The number of carbonyl (C=O) groups is 1. The van der Waals surface area contributed by atoms with Gasteiger partial charge in [-0.3, -0.25) is 9.52 Å². The molecular formula is C36H52N2O6SSi. The van der Waals surface area contributed by atoms with E-state index in [0.29, 0.717) is 37.4 Å². The number of hydrogen-bond donors (Lipinski definition) is 3. The highest BCUT2D eigenvalue weighted by atomic mass is 32.2. The number of benzene rings is 3. The molecule has 0 amide bonds. The number of hydrogen-bond acceptors (Lipinski definition) is 6. The monoisotopic (exact) mass is 668 g/mol. The van der Waals surface area contributed by atoms with Gasteiger partial charge in [0.2, 0.25) is 10.0 Å². The van der Waals surface area contributed by atoms with E-state index < -0.39 is 30.2 Å². The van der Waals surface area contributed by atoms with Gasteiger partial charge in [-0.15, -0.1) is 0 Å². The zero-order valence-electron chi connectivity index (χ0n) is 28.8. The van der Waals surface area contributed by atoms with Gasteiger partial charge in [0, 0.05) is 12.1 Å². The average Bonchev–Trinajstić information content (AvgIpc) is 2.94. The van der Waals surface area contributed by atoms with Crippen LogP contribution < -0.4 is 14.8 Å². The van der Waals surface area contributed by atoms with E-state index in [2.05, 4.69) is 57.8 Å². The lowest BCUT2D eigenvalue weighted by Crippen LogP contribution is -2.47. The fourth-order valence-electron chi connectivity index (χ4n) is 5.06. The Morgan fingerprint density at radius 2 is 1.57 bits per heavy atom. The summed E-state index contributed by atoms with van der Waals surface area (Å²) in [7, 11) is -5.84. The minimum atomic E-state index is -3.59. The molecule has 0 aromatic heterocycles. The van der Waals surface area contributed by atoms with Gasteiger partial charge in [0.05, 0.1) is 24.0 Å². The summed E-state index contributed by atoms with van der Waals surface area (Å²) >= 11 is 0. The Labute approximate surface area is 277 Å². The van der Waals surface area contributed by atoms with Crippen molar-refractivity contribution in [2.24, 2.45) is 0 Å². The minimum Gasteiger partial charge on any atom is -0.487 e. The van der Waals surface area contributed by atoms with Crippen LogP contribution >= 0.6 is 0 Å². The fourth-order valence-corrected chi connectivity index (χ4v) is 6.91. The van der Waals surface area contributed by atoms with Crippen LogP contribution in [-0.4, -0.2) is 46.2 Å². The van der Waals surface area contributed by atoms with E-state index in [1.54, 1.807) is 6.07 Å². The summed E-state index contributed by atoms with van der Waals surface area (Å²) in [6.07, 6.45) is 1.96. The first-order valence-corrected chi connectivity index (χ1v) is 20.6. The van der Waals surface area contributed by atoms with Crippen molar-refractivity contribution in [1.29, 1.82) is 0 Å². The zero-order valence-corrected chi connectivity index (χ0v) is 30.6. The molecule has 0 bridgehead atoms. The summed E-state index contributed by atoms with van der Waals surface area (Å²) in [5, 5.41) is 13.3. The number of rotatable bonds is 16. The Morgan fingerprint density at radius 3 is 2.15 bits per heavy atom. The molecular weight excluding hydrogens is 617 g/mol. The van der Waals surface area contributed by atoms with Gasteiger partial charge in [0.1, 0.15) is 12.4 Å². The summed E-state index contributed by atoms with van der Waals surface area (Å²) in [5.74, 6) is -0.916. The highest BCUT2D eigenvalue weighted by Gasteiger charge is 2.40. The van der Waals surface area contributed by atoms with E-state index in [4.69, 9.17) is 9.16 Å². The Balaban J connectivity index is 1.92.